The van der Waals surface area contributed by atoms with Crippen LogP contribution in [0.5, 0.6) is 0 Å². The molecule has 2 heterocycles. The predicted octanol–water partition coefficient (Wildman–Crippen LogP) is 4.86. The maximum atomic E-state index is 12.5. The van der Waals surface area contributed by atoms with E-state index in [1.807, 2.05) is 31.2 Å². The number of carbonyl (C=O) groups excluding carboxylic acids is 1. The van der Waals surface area contributed by atoms with E-state index >= 15 is 0 Å². The van der Waals surface area contributed by atoms with Crippen LogP contribution in [0.4, 0.5) is 5.69 Å². The molecule has 0 aliphatic carbocycles. The van der Waals surface area contributed by atoms with Crippen LogP contribution in [0, 0.1) is 6.92 Å². The summed E-state index contributed by atoms with van der Waals surface area (Å²) < 4.78 is 2.97. The molecule has 6 heteroatoms. The van der Waals surface area contributed by atoms with Crippen molar-refractivity contribution in [3.63, 3.8) is 0 Å². The van der Waals surface area contributed by atoms with Crippen molar-refractivity contribution in [1.29, 1.82) is 0 Å². The molecule has 4 rings (SSSR count). The lowest BCUT2D eigenvalue weighted by Gasteiger charge is -2.06. The Balaban J connectivity index is 1.78. The Morgan fingerprint density at radius 3 is 2.68 bits per heavy atom. The van der Waals surface area contributed by atoms with Crippen LogP contribution < -0.4 is 5.32 Å². The Labute approximate surface area is 153 Å². The number of aromatic amines is 1. The number of benzene rings is 2. The van der Waals surface area contributed by atoms with E-state index in [-0.39, 0.29) is 5.91 Å². The van der Waals surface area contributed by atoms with E-state index in [0.717, 1.165) is 23.3 Å². The molecule has 2 aromatic carbocycles. The molecular weight excluding hydrogens is 380 g/mol. The van der Waals surface area contributed by atoms with Gasteiger partial charge in [-0.05, 0) is 54.0 Å². The average molecular weight is 397 g/mol. The van der Waals surface area contributed by atoms with Gasteiger partial charge in [-0.15, -0.1) is 0 Å². The van der Waals surface area contributed by atoms with E-state index < -0.39 is 0 Å². The molecule has 0 aliphatic rings. The number of H-pyrrole nitrogens is 1. The predicted molar refractivity (Wildman–Crippen MR) is 104 cm³/mol. The Bertz CT molecular complexity index is 1110. The van der Waals surface area contributed by atoms with E-state index in [9.17, 15) is 4.79 Å². The molecule has 0 radical (unpaired) electrons. The Kier molecular flexibility index (Phi) is 3.84. The van der Waals surface area contributed by atoms with Crippen molar-refractivity contribution < 1.29 is 4.79 Å². The minimum absolute atomic E-state index is 0.241. The standard InChI is InChI=1S/C19H17BrN4O/c1-3-24-15-7-5-4-6-13(15)14-10-12(8-9-16(14)24)21-19(25)18-17(20)11(2)22-23-18/h4-10H,3H2,1-2H3,(H,21,25)(H,22,23). The number of rotatable bonds is 3. The van der Waals surface area contributed by atoms with Crippen molar-refractivity contribution in [3.8, 4) is 0 Å². The minimum Gasteiger partial charge on any atom is -0.341 e. The van der Waals surface area contributed by atoms with Gasteiger partial charge in [0.1, 0.15) is 0 Å². The molecule has 126 valence electrons. The Hall–Kier alpha value is -2.60. The monoisotopic (exact) mass is 396 g/mol. The third-order valence-electron chi connectivity index (χ3n) is 4.43. The second kappa shape index (κ2) is 6.04. The van der Waals surface area contributed by atoms with E-state index in [2.05, 4.69) is 61.1 Å². The van der Waals surface area contributed by atoms with Gasteiger partial charge in [-0.2, -0.15) is 5.10 Å². The Morgan fingerprint density at radius 1 is 1.20 bits per heavy atom. The highest BCUT2D eigenvalue weighted by Crippen LogP contribution is 2.31. The van der Waals surface area contributed by atoms with Crippen LogP contribution in [0.15, 0.2) is 46.9 Å². The van der Waals surface area contributed by atoms with Gasteiger partial charge in [-0.1, -0.05) is 18.2 Å². The highest BCUT2D eigenvalue weighted by molar-refractivity contribution is 9.10. The zero-order chi connectivity index (χ0) is 17.6. The van der Waals surface area contributed by atoms with Gasteiger partial charge in [-0.3, -0.25) is 9.89 Å². The lowest BCUT2D eigenvalue weighted by atomic mass is 10.1. The number of nitrogens with one attached hydrogen (secondary N) is 2. The van der Waals surface area contributed by atoms with E-state index in [4.69, 9.17) is 0 Å². The maximum absolute atomic E-state index is 12.5. The van der Waals surface area contributed by atoms with Crippen molar-refractivity contribution in [2.75, 3.05) is 5.32 Å². The van der Waals surface area contributed by atoms with Gasteiger partial charge in [0.25, 0.3) is 5.91 Å². The summed E-state index contributed by atoms with van der Waals surface area (Å²) in [6, 6.07) is 14.3. The number of amides is 1. The van der Waals surface area contributed by atoms with Gasteiger partial charge in [0.15, 0.2) is 5.69 Å². The van der Waals surface area contributed by atoms with Crippen LogP contribution in [0.1, 0.15) is 23.1 Å². The van der Waals surface area contributed by atoms with Gasteiger partial charge in [0, 0.05) is 39.7 Å². The van der Waals surface area contributed by atoms with Crippen molar-refractivity contribution in [3.05, 3.63) is 58.3 Å². The van der Waals surface area contributed by atoms with E-state index in [0.29, 0.717) is 10.2 Å². The Morgan fingerprint density at radius 2 is 1.96 bits per heavy atom. The fourth-order valence-electron chi connectivity index (χ4n) is 3.23. The summed E-state index contributed by atoms with van der Waals surface area (Å²) in [6.07, 6.45) is 0. The fraction of sp³-hybridized carbons (Fsp3) is 0.158. The summed E-state index contributed by atoms with van der Waals surface area (Å²) in [5.74, 6) is -0.241. The molecule has 0 saturated heterocycles. The lowest BCUT2D eigenvalue weighted by Crippen LogP contribution is -2.13. The number of aryl methyl sites for hydroxylation is 2. The highest BCUT2D eigenvalue weighted by atomic mass is 79.9. The van der Waals surface area contributed by atoms with Crippen molar-refractivity contribution in [2.45, 2.75) is 20.4 Å². The molecule has 2 N–H and O–H groups in total. The molecule has 1 amide bonds. The van der Waals surface area contributed by atoms with Crippen molar-refractivity contribution >= 4 is 49.3 Å². The molecule has 0 atom stereocenters. The number of halogens is 1. The summed E-state index contributed by atoms with van der Waals surface area (Å²) in [5, 5.41) is 12.1. The van der Waals surface area contributed by atoms with Gasteiger partial charge < -0.3 is 9.88 Å². The first-order valence-electron chi connectivity index (χ1n) is 8.13. The number of hydrogen-bond acceptors (Lipinski definition) is 2. The zero-order valence-electron chi connectivity index (χ0n) is 13.9. The first-order chi connectivity index (χ1) is 12.1. The lowest BCUT2D eigenvalue weighted by molar-refractivity contribution is 0.102. The SMILES string of the molecule is CCn1c2ccccc2c2cc(NC(=O)c3n[nH]c(C)c3Br)ccc21. The normalized spacial score (nSPS) is 11.3. The molecule has 0 fully saturated rings. The fourth-order valence-corrected chi connectivity index (χ4v) is 3.59. The molecule has 0 aliphatic heterocycles. The minimum atomic E-state index is -0.241. The topological polar surface area (TPSA) is 62.7 Å². The number of para-hydroxylation sites is 1. The summed E-state index contributed by atoms with van der Waals surface area (Å²) in [7, 11) is 0. The highest BCUT2D eigenvalue weighted by Gasteiger charge is 2.16. The average Bonchev–Trinajstić information content (AvgIpc) is 3.12. The molecule has 4 aromatic rings. The van der Waals surface area contributed by atoms with Crippen LogP contribution in [-0.2, 0) is 6.54 Å². The quantitative estimate of drug-likeness (QED) is 0.519. The molecular formula is C19H17BrN4O. The summed E-state index contributed by atoms with van der Waals surface area (Å²) in [6.45, 7) is 4.90. The number of anilines is 1. The van der Waals surface area contributed by atoms with Crippen LogP contribution in [-0.4, -0.2) is 20.7 Å². The van der Waals surface area contributed by atoms with Crippen LogP contribution >= 0.6 is 15.9 Å². The van der Waals surface area contributed by atoms with Crippen molar-refractivity contribution in [1.82, 2.24) is 14.8 Å². The molecule has 0 spiro atoms. The van der Waals surface area contributed by atoms with Gasteiger partial charge in [0.05, 0.1) is 4.47 Å². The number of aromatic nitrogens is 3. The smallest absolute Gasteiger partial charge is 0.277 e. The largest absolute Gasteiger partial charge is 0.341 e. The zero-order valence-corrected chi connectivity index (χ0v) is 15.5. The van der Waals surface area contributed by atoms with Gasteiger partial charge in [-0.25, -0.2) is 0 Å². The number of nitrogens with zero attached hydrogens (tertiary/aromatic N) is 2. The second-order valence-electron chi connectivity index (χ2n) is 5.96. The van der Waals surface area contributed by atoms with Crippen LogP contribution in [0.2, 0.25) is 0 Å². The van der Waals surface area contributed by atoms with E-state index in [1.165, 1.54) is 16.4 Å². The molecule has 0 unspecified atom stereocenters. The molecule has 25 heavy (non-hydrogen) atoms. The van der Waals surface area contributed by atoms with Crippen LogP contribution in [0.3, 0.4) is 0 Å². The molecule has 0 bridgehead atoms. The first-order valence-corrected chi connectivity index (χ1v) is 8.92. The second-order valence-corrected chi connectivity index (χ2v) is 6.75. The first kappa shape index (κ1) is 15.9. The third kappa shape index (κ3) is 2.53. The molecule has 2 aromatic heterocycles. The third-order valence-corrected chi connectivity index (χ3v) is 5.40. The van der Waals surface area contributed by atoms with Crippen molar-refractivity contribution in [2.24, 2.45) is 0 Å². The molecule has 5 nitrogen and oxygen atoms in total. The summed E-state index contributed by atoms with van der Waals surface area (Å²) in [4.78, 5) is 12.5. The van der Waals surface area contributed by atoms with E-state index in [1.54, 1.807) is 0 Å². The molecule has 0 saturated carbocycles. The maximum Gasteiger partial charge on any atom is 0.277 e. The van der Waals surface area contributed by atoms with Gasteiger partial charge in [0.2, 0.25) is 0 Å². The summed E-state index contributed by atoms with van der Waals surface area (Å²) in [5.41, 5.74) is 4.30. The summed E-state index contributed by atoms with van der Waals surface area (Å²) >= 11 is 3.39. The van der Waals surface area contributed by atoms with Crippen LogP contribution in [0.25, 0.3) is 21.8 Å². The number of hydrogen-bond donors (Lipinski definition) is 2. The number of fused-ring (bicyclic) bond motifs is 3. The van der Waals surface area contributed by atoms with Gasteiger partial charge >= 0.3 is 0 Å². The number of carbonyl (C=O) groups is 1.